The second kappa shape index (κ2) is 7.61. The molecule has 7 heteroatoms. The molecule has 0 aromatic carbocycles. The Balaban J connectivity index is 2.90. The molecule has 2 atom stereocenters. The lowest BCUT2D eigenvalue weighted by Gasteiger charge is -2.49. The number of hydrogen-bond donors (Lipinski definition) is 0. The third-order valence-corrected chi connectivity index (χ3v) is 6.19. The molecule has 0 aliphatic carbocycles. The molecule has 0 radical (unpaired) electrons. The van der Waals surface area contributed by atoms with Crippen LogP contribution in [0.2, 0.25) is 0 Å². The molecule has 1 heterocycles. The highest BCUT2D eigenvalue weighted by Gasteiger charge is 2.45. The first-order valence-corrected chi connectivity index (χ1v) is 8.21. The van der Waals surface area contributed by atoms with Gasteiger partial charge in [-0.2, -0.15) is 0 Å². The van der Waals surface area contributed by atoms with E-state index in [1.165, 1.54) is 0 Å². The monoisotopic (exact) mass is 299 g/mol. The minimum absolute atomic E-state index is 0.141. The van der Waals surface area contributed by atoms with Crippen LogP contribution >= 0.6 is 0 Å². The van der Waals surface area contributed by atoms with Crippen LogP contribution in [0, 0.1) is 0 Å². The van der Waals surface area contributed by atoms with Gasteiger partial charge in [0.2, 0.25) is 0 Å². The van der Waals surface area contributed by atoms with Crippen molar-refractivity contribution in [2.45, 2.75) is 57.2 Å². The summed E-state index contributed by atoms with van der Waals surface area (Å²) in [6, 6.07) is 0. The number of alkyl halides is 3. The van der Waals surface area contributed by atoms with Crippen LogP contribution in [0.1, 0.15) is 39.0 Å². The van der Waals surface area contributed by atoms with Crippen molar-refractivity contribution in [2.75, 3.05) is 20.8 Å². The van der Waals surface area contributed by atoms with Crippen molar-refractivity contribution in [3.63, 3.8) is 0 Å². The summed E-state index contributed by atoms with van der Waals surface area (Å²) in [5.74, 6) is 0. The molecule has 0 spiro atoms. The van der Waals surface area contributed by atoms with E-state index in [0.29, 0.717) is 6.42 Å². The van der Waals surface area contributed by atoms with Gasteiger partial charge in [-0.1, -0.05) is 13.3 Å². The molecule has 1 rings (SSSR count). The van der Waals surface area contributed by atoms with Crippen molar-refractivity contribution in [1.82, 2.24) is 4.57 Å². The van der Waals surface area contributed by atoms with E-state index < -0.39 is 27.6 Å². The van der Waals surface area contributed by atoms with Gasteiger partial charge in [-0.05, 0) is 25.8 Å². The van der Waals surface area contributed by atoms with E-state index in [-0.39, 0.29) is 6.42 Å². The molecule has 1 aliphatic heterocycles. The number of halogens is 3. The van der Waals surface area contributed by atoms with Gasteiger partial charge < -0.3 is 8.85 Å². The quantitative estimate of drug-likeness (QED) is 0.675. The molecular formula is C12H24F3NO2Si. The molecule has 0 bridgehead atoms. The van der Waals surface area contributed by atoms with Crippen LogP contribution < -0.4 is 0 Å². The van der Waals surface area contributed by atoms with Gasteiger partial charge in [0.1, 0.15) is 0 Å². The van der Waals surface area contributed by atoms with Gasteiger partial charge in [0.25, 0.3) is 6.43 Å². The summed E-state index contributed by atoms with van der Waals surface area (Å²) < 4.78 is 51.4. The van der Waals surface area contributed by atoms with Gasteiger partial charge in [-0.3, -0.25) is 4.57 Å². The summed E-state index contributed by atoms with van der Waals surface area (Å²) in [7, 11) is 1.05. The van der Waals surface area contributed by atoms with Gasteiger partial charge in [-0.15, -0.1) is 0 Å². The zero-order valence-electron chi connectivity index (χ0n) is 11.9. The number of rotatable bonds is 7. The Hall–Kier alpha value is -0.113. The lowest BCUT2D eigenvalue weighted by Crippen LogP contribution is -2.60. The van der Waals surface area contributed by atoms with Crippen molar-refractivity contribution in [3.05, 3.63) is 0 Å². The van der Waals surface area contributed by atoms with Crippen molar-refractivity contribution in [3.8, 4) is 0 Å². The van der Waals surface area contributed by atoms with E-state index in [0.717, 1.165) is 25.8 Å². The van der Waals surface area contributed by atoms with Crippen LogP contribution in [0.4, 0.5) is 13.2 Å². The first kappa shape index (κ1) is 16.9. The molecule has 19 heavy (non-hydrogen) atoms. The highest BCUT2D eigenvalue weighted by molar-refractivity contribution is 6.41. The van der Waals surface area contributed by atoms with Crippen molar-refractivity contribution in [1.29, 1.82) is 0 Å². The van der Waals surface area contributed by atoms with Crippen LogP contribution in [0.25, 0.3) is 0 Å². The second-order valence-electron chi connectivity index (χ2n) is 5.06. The minimum atomic E-state index is -2.92. The Bertz CT molecular complexity index is 269. The fourth-order valence-corrected chi connectivity index (χ4v) is 4.95. The molecule has 1 saturated heterocycles. The topological polar surface area (TPSA) is 21.7 Å². The lowest BCUT2D eigenvalue weighted by atomic mass is 9.82. The van der Waals surface area contributed by atoms with Gasteiger partial charge in [0, 0.05) is 26.2 Å². The number of piperidine rings is 1. The maximum absolute atomic E-state index is 13.5. The predicted octanol–water partition coefficient (Wildman–Crippen LogP) is 2.62. The second-order valence-corrected chi connectivity index (χ2v) is 7.24. The number of hydrogen-bond acceptors (Lipinski definition) is 3. The molecule has 0 N–H and O–H groups in total. The number of nitrogens with zero attached hydrogens (tertiary/aromatic N) is 1. The Morgan fingerprint density at radius 3 is 2.32 bits per heavy atom. The van der Waals surface area contributed by atoms with Crippen LogP contribution in [-0.2, 0) is 8.85 Å². The normalized spacial score (nSPS) is 27.2. The average molecular weight is 299 g/mol. The van der Waals surface area contributed by atoms with Crippen LogP contribution in [0.15, 0.2) is 0 Å². The van der Waals surface area contributed by atoms with Crippen LogP contribution in [-0.4, -0.2) is 52.9 Å². The molecule has 0 aromatic heterocycles. The summed E-state index contributed by atoms with van der Waals surface area (Å²) in [5.41, 5.74) is -0.545. The Labute approximate surface area is 115 Å². The first-order valence-electron chi connectivity index (χ1n) is 6.75. The molecule has 3 nitrogen and oxygen atoms in total. The summed E-state index contributed by atoms with van der Waals surface area (Å²) in [5, 5.41) is 0. The highest BCUT2D eigenvalue weighted by Crippen LogP contribution is 2.37. The van der Waals surface area contributed by atoms with E-state index in [4.69, 9.17) is 8.85 Å². The van der Waals surface area contributed by atoms with Gasteiger partial charge >= 0.3 is 9.45 Å². The van der Waals surface area contributed by atoms with E-state index in [1.807, 2.05) is 11.5 Å². The van der Waals surface area contributed by atoms with E-state index >= 15 is 0 Å². The molecule has 0 aromatic rings. The summed E-state index contributed by atoms with van der Waals surface area (Å²) in [6.07, 6.45) is -1.86. The molecule has 1 fully saturated rings. The molecular weight excluding hydrogens is 275 g/mol. The van der Waals surface area contributed by atoms with Crippen molar-refractivity contribution >= 4 is 9.45 Å². The van der Waals surface area contributed by atoms with E-state index in [1.54, 1.807) is 14.2 Å². The zero-order valence-corrected chi connectivity index (χ0v) is 13.0. The molecule has 2 unspecified atom stereocenters. The molecule has 114 valence electrons. The molecule has 1 aliphatic rings. The highest BCUT2D eigenvalue weighted by atomic mass is 28.3. The molecule has 0 amide bonds. The van der Waals surface area contributed by atoms with E-state index in [2.05, 4.69) is 0 Å². The van der Waals surface area contributed by atoms with Crippen molar-refractivity contribution in [2.24, 2.45) is 0 Å². The van der Waals surface area contributed by atoms with Crippen LogP contribution in [0.3, 0.4) is 0 Å². The van der Waals surface area contributed by atoms with Gasteiger partial charge in [-0.25, -0.2) is 13.2 Å². The molecule has 0 saturated carbocycles. The SMILES string of the molecule is CCC1(CC(F)C(F)F)CCCCN1[SiH](OC)OC. The van der Waals surface area contributed by atoms with E-state index in [9.17, 15) is 13.2 Å². The van der Waals surface area contributed by atoms with Crippen LogP contribution in [0.5, 0.6) is 0 Å². The fourth-order valence-electron chi connectivity index (χ4n) is 2.99. The fraction of sp³-hybridized carbons (Fsp3) is 1.00. The third-order valence-electron chi connectivity index (χ3n) is 4.06. The summed E-state index contributed by atoms with van der Waals surface area (Å²) in [4.78, 5) is 0. The summed E-state index contributed by atoms with van der Waals surface area (Å²) in [6.45, 7) is 2.66. The largest absolute Gasteiger partial charge is 0.410 e. The lowest BCUT2D eigenvalue weighted by molar-refractivity contribution is -0.0117. The maximum atomic E-state index is 13.5. The Morgan fingerprint density at radius 2 is 1.84 bits per heavy atom. The Kier molecular flexibility index (Phi) is 6.79. The van der Waals surface area contributed by atoms with Crippen molar-refractivity contribution < 1.29 is 22.0 Å². The predicted molar refractivity (Wildman–Crippen MR) is 70.3 cm³/mol. The first-order chi connectivity index (χ1) is 9.00. The van der Waals surface area contributed by atoms with Gasteiger partial charge in [0.15, 0.2) is 6.17 Å². The summed E-state index contributed by atoms with van der Waals surface area (Å²) >= 11 is 0. The smallest absolute Gasteiger partial charge is 0.388 e. The zero-order chi connectivity index (χ0) is 14.5. The Morgan fingerprint density at radius 1 is 1.21 bits per heavy atom. The minimum Gasteiger partial charge on any atom is -0.388 e. The van der Waals surface area contributed by atoms with Gasteiger partial charge in [0.05, 0.1) is 0 Å². The average Bonchev–Trinajstić information content (AvgIpc) is 2.41. The maximum Gasteiger partial charge on any atom is 0.410 e. The standard InChI is InChI=1S/C12H24F3NO2Si/c1-4-12(9-10(13)11(14)15)7-5-6-8-16(12)19(17-2)18-3/h10-11,19H,4-9H2,1-3H3. The third kappa shape index (κ3) is 3.93.